The van der Waals surface area contributed by atoms with Gasteiger partial charge >= 0.3 is 6.09 Å². The summed E-state index contributed by atoms with van der Waals surface area (Å²) in [6.07, 6.45) is 6.87. The van der Waals surface area contributed by atoms with Gasteiger partial charge in [0.1, 0.15) is 11.2 Å². The molecule has 28 heavy (non-hydrogen) atoms. The fourth-order valence-corrected chi connectivity index (χ4v) is 4.47. The second kappa shape index (κ2) is 7.22. The lowest BCUT2D eigenvalue weighted by atomic mass is 9.97. The number of amides is 1. The molecule has 0 aromatic carbocycles. The molecule has 2 aromatic heterocycles. The van der Waals surface area contributed by atoms with E-state index in [2.05, 4.69) is 11.1 Å². The van der Waals surface area contributed by atoms with Crippen molar-refractivity contribution < 1.29 is 9.53 Å². The third-order valence-corrected chi connectivity index (χ3v) is 5.78. The van der Waals surface area contributed by atoms with Crippen LogP contribution in [0.4, 0.5) is 4.79 Å². The van der Waals surface area contributed by atoms with E-state index in [9.17, 15) is 9.59 Å². The molecule has 1 amide bonds. The first kappa shape index (κ1) is 19.0. The first-order chi connectivity index (χ1) is 13.3. The van der Waals surface area contributed by atoms with E-state index in [0.717, 1.165) is 22.2 Å². The van der Waals surface area contributed by atoms with Crippen molar-refractivity contribution in [2.75, 3.05) is 6.54 Å². The molecule has 1 aliphatic carbocycles. The summed E-state index contributed by atoms with van der Waals surface area (Å²) in [5.41, 5.74) is 1.99. The predicted molar refractivity (Wildman–Crippen MR) is 108 cm³/mol. The average Bonchev–Trinajstić information content (AvgIpc) is 3.16. The Balaban J connectivity index is 1.73. The highest BCUT2D eigenvalue weighted by Crippen LogP contribution is 2.29. The Morgan fingerprint density at radius 1 is 1.25 bits per heavy atom. The third kappa shape index (κ3) is 3.64. The molecule has 2 aliphatic rings. The molecule has 3 heterocycles. The zero-order valence-corrected chi connectivity index (χ0v) is 17.0. The van der Waals surface area contributed by atoms with E-state index in [1.54, 1.807) is 11.1 Å². The maximum atomic E-state index is 13.4. The molecule has 150 valence electrons. The van der Waals surface area contributed by atoms with Crippen LogP contribution in [0.3, 0.4) is 0 Å². The first-order valence-corrected chi connectivity index (χ1v) is 10.3. The number of ether oxygens (including phenoxy) is 1. The normalized spacial score (nSPS) is 17.8. The smallest absolute Gasteiger partial charge is 0.410 e. The first-order valence-electron chi connectivity index (χ1n) is 10.3. The highest BCUT2D eigenvalue weighted by Gasteiger charge is 2.30. The molecule has 1 saturated carbocycles. The predicted octanol–water partition coefficient (Wildman–Crippen LogP) is 3.88. The van der Waals surface area contributed by atoms with Crippen molar-refractivity contribution >= 4 is 17.1 Å². The number of fused-ring (bicyclic) bond motifs is 3. The Morgan fingerprint density at radius 3 is 2.71 bits per heavy atom. The van der Waals surface area contributed by atoms with Crippen LogP contribution in [0.2, 0.25) is 0 Å². The van der Waals surface area contributed by atoms with Crippen LogP contribution in [0.1, 0.15) is 57.6 Å². The lowest BCUT2D eigenvalue weighted by Gasteiger charge is -2.32. The van der Waals surface area contributed by atoms with E-state index < -0.39 is 5.60 Å². The van der Waals surface area contributed by atoms with Gasteiger partial charge < -0.3 is 9.64 Å². The third-order valence-electron chi connectivity index (χ3n) is 5.78. The molecular weight excluding hydrogens is 354 g/mol. The van der Waals surface area contributed by atoms with Crippen LogP contribution in [0, 0.1) is 5.92 Å². The Labute approximate surface area is 165 Å². The molecule has 2 aromatic rings. The number of aromatic nitrogens is 2. The minimum absolute atomic E-state index is 0.00126. The van der Waals surface area contributed by atoms with Crippen LogP contribution in [0.15, 0.2) is 23.1 Å². The molecule has 0 bridgehead atoms. The van der Waals surface area contributed by atoms with E-state index in [4.69, 9.17) is 4.74 Å². The van der Waals surface area contributed by atoms with Crippen molar-refractivity contribution in [1.82, 2.24) is 14.5 Å². The van der Waals surface area contributed by atoms with Gasteiger partial charge in [0.15, 0.2) is 0 Å². The molecule has 0 radical (unpaired) electrons. The Kier molecular flexibility index (Phi) is 4.89. The molecular formula is C22H29N3O3. The molecule has 4 rings (SSSR count). The summed E-state index contributed by atoms with van der Waals surface area (Å²) in [6.45, 7) is 7.15. The largest absolute Gasteiger partial charge is 0.444 e. The molecule has 0 atom stereocenters. The SMILES string of the molecule is CC(C)(C)OC(=O)N1CCc2c(c(=O)n(CC3CCCC3)c3ncccc23)C1. The van der Waals surface area contributed by atoms with E-state index in [-0.39, 0.29) is 11.7 Å². The number of hydrogen-bond acceptors (Lipinski definition) is 4. The highest BCUT2D eigenvalue weighted by molar-refractivity contribution is 5.81. The van der Waals surface area contributed by atoms with Gasteiger partial charge in [0.25, 0.3) is 5.56 Å². The van der Waals surface area contributed by atoms with E-state index in [1.165, 1.54) is 25.7 Å². The maximum absolute atomic E-state index is 13.4. The Bertz CT molecular complexity index is 952. The van der Waals surface area contributed by atoms with Gasteiger partial charge in [-0.3, -0.25) is 9.36 Å². The van der Waals surface area contributed by atoms with Crippen molar-refractivity contribution in [2.45, 2.75) is 71.6 Å². The fraction of sp³-hybridized carbons (Fsp3) is 0.591. The lowest BCUT2D eigenvalue weighted by Crippen LogP contribution is -2.43. The van der Waals surface area contributed by atoms with Crippen molar-refractivity contribution in [3.8, 4) is 0 Å². The summed E-state index contributed by atoms with van der Waals surface area (Å²) >= 11 is 0. The molecule has 0 spiro atoms. The minimum Gasteiger partial charge on any atom is -0.444 e. The highest BCUT2D eigenvalue weighted by atomic mass is 16.6. The van der Waals surface area contributed by atoms with Gasteiger partial charge in [0.05, 0.1) is 6.54 Å². The number of rotatable bonds is 2. The van der Waals surface area contributed by atoms with Gasteiger partial charge in [-0.1, -0.05) is 12.8 Å². The Hall–Kier alpha value is -2.37. The van der Waals surface area contributed by atoms with E-state index in [0.29, 0.717) is 32.0 Å². The van der Waals surface area contributed by atoms with Crippen LogP contribution in [0.5, 0.6) is 0 Å². The fourth-order valence-electron chi connectivity index (χ4n) is 4.47. The lowest BCUT2D eigenvalue weighted by molar-refractivity contribution is 0.0223. The van der Waals surface area contributed by atoms with E-state index >= 15 is 0 Å². The second-order valence-electron chi connectivity index (χ2n) is 9.05. The van der Waals surface area contributed by atoms with Gasteiger partial charge in [-0.05, 0) is 63.6 Å². The van der Waals surface area contributed by atoms with Crippen molar-refractivity contribution in [3.05, 3.63) is 39.8 Å². The van der Waals surface area contributed by atoms with Gasteiger partial charge in [0.2, 0.25) is 0 Å². The summed E-state index contributed by atoms with van der Waals surface area (Å²) in [7, 11) is 0. The Morgan fingerprint density at radius 2 is 2.00 bits per heavy atom. The van der Waals surface area contributed by atoms with Crippen molar-refractivity contribution in [3.63, 3.8) is 0 Å². The zero-order valence-electron chi connectivity index (χ0n) is 17.0. The van der Waals surface area contributed by atoms with Gasteiger partial charge in [0, 0.05) is 30.2 Å². The molecule has 6 nitrogen and oxygen atoms in total. The van der Waals surface area contributed by atoms with Crippen LogP contribution < -0.4 is 5.56 Å². The molecule has 1 aliphatic heterocycles. The number of hydrogen-bond donors (Lipinski definition) is 0. The number of carbonyl (C=O) groups excluding carboxylic acids is 1. The van der Waals surface area contributed by atoms with E-state index in [1.807, 2.05) is 31.4 Å². The molecule has 0 unspecified atom stereocenters. The van der Waals surface area contributed by atoms with Crippen molar-refractivity contribution in [2.24, 2.45) is 5.92 Å². The van der Waals surface area contributed by atoms with Crippen LogP contribution in [0.25, 0.3) is 11.0 Å². The number of pyridine rings is 2. The second-order valence-corrected chi connectivity index (χ2v) is 9.05. The summed E-state index contributed by atoms with van der Waals surface area (Å²) < 4.78 is 7.37. The summed E-state index contributed by atoms with van der Waals surface area (Å²) in [6, 6.07) is 3.97. The number of nitrogens with zero attached hydrogens (tertiary/aromatic N) is 3. The summed E-state index contributed by atoms with van der Waals surface area (Å²) in [5, 5.41) is 1.04. The monoisotopic (exact) mass is 383 g/mol. The van der Waals surface area contributed by atoms with Gasteiger partial charge in [-0.15, -0.1) is 0 Å². The van der Waals surface area contributed by atoms with Crippen LogP contribution >= 0.6 is 0 Å². The van der Waals surface area contributed by atoms with Gasteiger partial charge in [-0.25, -0.2) is 9.78 Å². The molecule has 0 N–H and O–H groups in total. The van der Waals surface area contributed by atoms with Gasteiger partial charge in [-0.2, -0.15) is 0 Å². The molecule has 1 fully saturated rings. The quantitative estimate of drug-likeness (QED) is 0.789. The topological polar surface area (TPSA) is 64.4 Å². The standard InChI is InChI=1S/C22H29N3O3/c1-22(2,3)28-21(27)24-12-10-16-17-9-6-11-23-19(17)25(20(26)18(16)14-24)13-15-7-4-5-8-15/h6,9,11,15H,4-5,7-8,10,12-14H2,1-3H3. The van der Waals surface area contributed by atoms with Crippen LogP contribution in [-0.2, 0) is 24.2 Å². The summed E-state index contributed by atoms with van der Waals surface area (Å²) in [5.74, 6) is 0.534. The number of carbonyl (C=O) groups is 1. The molecule has 0 saturated heterocycles. The zero-order chi connectivity index (χ0) is 19.9. The minimum atomic E-state index is -0.548. The summed E-state index contributed by atoms with van der Waals surface area (Å²) in [4.78, 5) is 32.2. The van der Waals surface area contributed by atoms with Crippen LogP contribution in [-0.4, -0.2) is 32.7 Å². The average molecular weight is 383 g/mol. The molecule has 6 heteroatoms. The maximum Gasteiger partial charge on any atom is 0.410 e. The van der Waals surface area contributed by atoms with Crippen molar-refractivity contribution in [1.29, 1.82) is 0 Å².